The molecule has 0 aliphatic carbocycles. The summed E-state index contributed by atoms with van der Waals surface area (Å²) in [6, 6.07) is 3.87. The largest absolute Gasteiger partial charge is 0.352 e. The van der Waals surface area contributed by atoms with Gasteiger partial charge in [0, 0.05) is 44.3 Å². The molecule has 1 fully saturated rings. The van der Waals surface area contributed by atoms with Crippen molar-refractivity contribution >= 4 is 29.1 Å². The lowest BCUT2D eigenvalue weighted by atomic mass is 10.3. The van der Waals surface area contributed by atoms with Crippen molar-refractivity contribution in [2.45, 2.75) is 0 Å². The summed E-state index contributed by atoms with van der Waals surface area (Å²) in [5, 5.41) is 2.71. The van der Waals surface area contributed by atoms with Crippen LogP contribution in [0.3, 0.4) is 0 Å². The molecule has 2 aromatic rings. The van der Waals surface area contributed by atoms with E-state index in [1.165, 1.54) is 18.2 Å². The van der Waals surface area contributed by atoms with Crippen LogP contribution in [0.15, 0.2) is 36.8 Å². The minimum absolute atomic E-state index is 0.0183. The Balaban J connectivity index is 1.57. The molecular formula is C15H15ClFN5O. The average Bonchev–Trinajstić information content (AvgIpc) is 2.59. The molecule has 8 heteroatoms. The second-order valence-corrected chi connectivity index (χ2v) is 5.50. The van der Waals surface area contributed by atoms with Crippen molar-refractivity contribution in [3.05, 3.63) is 47.6 Å². The highest BCUT2D eigenvalue weighted by Gasteiger charge is 2.22. The average molecular weight is 336 g/mol. The first-order chi connectivity index (χ1) is 11.1. The van der Waals surface area contributed by atoms with Crippen LogP contribution < -0.4 is 10.2 Å². The summed E-state index contributed by atoms with van der Waals surface area (Å²) in [5.41, 5.74) is 0.470. The predicted octanol–water partition coefficient (Wildman–Crippen LogP) is 2.62. The first kappa shape index (κ1) is 15.5. The van der Waals surface area contributed by atoms with Gasteiger partial charge in [-0.2, -0.15) is 0 Å². The standard InChI is InChI=1S/C15H15ClFN5O/c16-12-9-11(1-2-13(12)17)20-15(23)22-7-5-21(6-8-22)14-10-18-3-4-19-14/h1-4,9-10H,5-8H2,(H,20,23). The number of hydrogen-bond donors (Lipinski definition) is 1. The van der Waals surface area contributed by atoms with E-state index in [0.717, 1.165) is 5.82 Å². The molecule has 0 spiro atoms. The van der Waals surface area contributed by atoms with E-state index in [0.29, 0.717) is 31.9 Å². The summed E-state index contributed by atoms with van der Waals surface area (Å²) in [6.07, 6.45) is 4.98. The number of nitrogens with one attached hydrogen (secondary N) is 1. The molecule has 1 saturated heterocycles. The second-order valence-electron chi connectivity index (χ2n) is 5.10. The zero-order chi connectivity index (χ0) is 16.2. The quantitative estimate of drug-likeness (QED) is 0.916. The van der Waals surface area contributed by atoms with Crippen LogP contribution in [0.1, 0.15) is 0 Å². The minimum Gasteiger partial charge on any atom is -0.352 e. The van der Waals surface area contributed by atoms with Gasteiger partial charge in [0.05, 0.1) is 11.2 Å². The summed E-state index contributed by atoms with van der Waals surface area (Å²) in [6.45, 7) is 2.49. The zero-order valence-electron chi connectivity index (χ0n) is 12.2. The highest BCUT2D eigenvalue weighted by atomic mass is 35.5. The van der Waals surface area contributed by atoms with E-state index in [1.807, 2.05) is 0 Å². The highest BCUT2D eigenvalue weighted by molar-refractivity contribution is 6.31. The molecule has 23 heavy (non-hydrogen) atoms. The van der Waals surface area contributed by atoms with Gasteiger partial charge < -0.3 is 15.1 Å². The van der Waals surface area contributed by atoms with E-state index in [9.17, 15) is 9.18 Å². The lowest BCUT2D eigenvalue weighted by Gasteiger charge is -2.35. The molecule has 0 atom stereocenters. The third-order valence-corrected chi connectivity index (χ3v) is 3.90. The number of nitrogens with zero attached hydrogens (tertiary/aromatic N) is 4. The Labute approximate surface area is 137 Å². The fourth-order valence-corrected chi connectivity index (χ4v) is 2.55. The molecule has 120 valence electrons. The fourth-order valence-electron chi connectivity index (χ4n) is 2.37. The number of urea groups is 1. The summed E-state index contributed by atoms with van der Waals surface area (Å²) in [4.78, 5) is 24.3. The van der Waals surface area contributed by atoms with Gasteiger partial charge in [0.2, 0.25) is 0 Å². The Kier molecular flexibility index (Phi) is 4.57. The van der Waals surface area contributed by atoms with Crippen LogP contribution in [-0.2, 0) is 0 Å². The summed E-state index contributed by atoms with van der Waals surface area (Å²) < 4.78 is 13.1. The molecule has 6 nitrogen and oxygen atoms in total. The van der Waals surface area contributed by atoms with Gasteiger partial charge in [-0.3, -0.25) is 4.98 Å². The van der Waals surface area contributed by atoms with Gasteiger partial charge in [0.25, 0.3) is 0 Å². The smallest absolute Gasteiger partial charge is 0.321 e. The fraction of sp³-hybridized carbons (Fsp3) is 0.267. The van der Waals surface area contributed by atoms with Crippen molar-refractivity contribution in [3.63, 3.8) is 0 Å². The molecule has 0 saturated carbocycles. The number of benzene rings is 1. The van der Waals surface area contributed by atoms with Crippen LogP contribution in [-0.4, -0.2) is 47.1 Å². The van der Waals surface area contributed by atoms with Gasteiger partial charge >= 0.3 is 6.03 Å². The number of piperazine rings is 1. The minimum atomic E-state index is -0.512. The highest BCUT2D eigenvalue weighted by Crippen LogP contribution is 2.20. The normalized spacial score (nSPS) is 14.7. The summed E-state index contributed by atoms with van der Waals surface area (Å²) in [7, 11) is 0. The van der Waals surface area contributed by atoms with Crippen molar-refractivity contribution in [1.82, 2.24) is 14.9 Å². The van der Waals surface area contributed by atoms with E-state index in [2.05, 4.69) is 20.2 Å². The van der Waals surface area contributed by atoms with Crippen LogP contribution in [0.5, 0.6) is 0 Å². The maximum atomic E-state index is 13.1. The number of carbonyl (C=O) groups is 1. The Morgan fingerprint density at radius 1 is 1.22 bits per heavy atom. The van der Waals surface area contributed by atoms with Gasteiger partial charge in [-0.25, -0.2) is 14.2 Å². The number of rotatable bonds is 2. The number of hydrogen-bond acceptors (Lipinski definition) is 4. The Morgan fingerprint density at radius 2 is 2.00 bits per heavy atom. The molecule has 2 heterocycles. The van der Waals surface area contributed by atoms with E-state index in [-0.39, 0.29) is 11.1 Å². The molecule has 2 amide bonds. The second kappa shape index (κ2) is 6.78. The zero-order valence-corrected chi connectivity index (χ0v) is 13.0. The van der Waals surface area contributed by atoms with Crippen molar-refractivity contribution in [2.24, 2.45) is 0 Å². The van der Waals surface area contributed by atoms with E-state index in [1.54, 1.807) is 23.5 Å². The van der Waals surface area contributed by atoms with Crippen LogP contribution in [0.25, 0.3) is 0 Å². The maximum absolute atomic E-state index is 13.1. The third-order valence-electron chi connectivity index (χ3n) is 3.61. The van der Waals surface area contributed by atoms with Crippen LogP contribution in [0.2, 0.25) is 5.02 Å². The van der Waals surface area contributed by atoms with Crippen molar-refractivity contribution in [3.8, 4) is 0 Å². The molecule has 0 bridgehead atoms. The van der Waals surface area contributed by atoms with Gasteiger partial charge in [0.15, 0.2) is 0 Å². The molecule has 1 aliphatic rings. The van der Waals surface area contributed by atoms with Gasteiger partial charge in [-0.1, -0.05) is 11.6 Å². The predicted molar refractivity (Wildman–Crippen MR) is 86.2 cm³/mol. The molecule has 1 aromatic carbocycles. The Bertz CT molecular complexity index is 692. The lowest BCUT2D eigenvalue weighted by Crippen LogP contribution is -2.50. The van der Waals surface area contributed by atoms with Crippen LogP contribution in [0.4, 0.5) is 20.7 Å². The van der Waals surface area contributed by atoms with Crippen molar-refractivity contribution in [1.29, 1.82) is 0 Å². The lowest BCUT2D eigenvalue weighted by molar-refractivity contribution is 0.208. The van der Waals surface area contributed by atoms with Gasteiger partial charge in [-0.15, -0.1) is 0 Å². The number of amides is 2. The van der Waals surface area contributed by atoms with E-state index < -0.39 is 5.82 Å². The molecule has 1 aliphatic heterocycles. The van der Waals surface area contributed by atoms with E-state index in [4.69, 9.17) is 11.6 Å². The molecule has 0 radical (unpaired) electrons. The maximum Gasteiger partial charge on any atom is 0.321 e. The first-order valence-corrected chi connectivity index (χ1v) is 7.53. The Hall–Kier alpha value is -2.41. The van der Waals surface area contributed by atoms with Crippen LogP contribution >= 0.6 is 11.6 Å². The number of aromatic nitrogens is 2. The SMILES string of the molecule is O=C(Nc1ccc(F)c(Cl)c1)N1CCN(c2cnccn2)CC1. The van der Waals surface area contributed by atoms with Gasteiger partial charge in [-0.05, 0) is 18.2 Å². The number of halogens is 2. The van der Waals surface area contributed by atoms with Crippen LogP contribution in [0, 0.1) is 5.82 Å². The third kappa shape index (κ3) is 3.68. The van der Waals surface area contributed by atoms with Crippen molar-refractivity contribution in [2.75, 3.05) is 36.4 Å². The number of carbonyl (C=O) groups excluding carboxylic acids is 1. The molecular weight excluding hydrogens is 321 g/mol. The Morgan fingerprint density at radius 3 is 2.65 bits per heavy atom. The van der Waals surface area contributed by atoms with Gasteiger partial charge in [0.1, 0.15) is 11.6 Å². The topological polar surface area (TPSA) is 61.4 Å². The van der Waals surface area contributed by atoms with Crippen molar-refractivity contribution < 1.29 is 9.18 Å². The summed E-state index contributed by atoms with van der Waals surface area (Å²) >= 11 is 5.71. The monoisotopic (exact) mass is 335 g/mol. The molecule has 3 rings (SSSR count). The number of anilines is 2. The summed E-state index contributed by atoms with van der Waals surface area (Å²) in [5.74, 6) is 0.292. The van der Waals surface area contributed by atoms with E-state index >= 15 is 0 Å². The molecule has 0 unspecified atom stereocenters. The molecule has 1 N–H and O–H groups in total. The molecule has 1 aromatic heterocycles. The first-order valence-electron chi connectivity index (χ1n) is 7.15.